The van der Waals surface area contributed by atoms with E-state index >= 15 is 0 Å². The maximum Gasteiger partial charge on any atom is 0.341 e. The van der Waals surface area contributed by atoms with Crippen LogP contribution in [0, 0.1) is 11.8 Å². The Hall–Kier alpha value is -3.30. The maximum atomic E-state index is 13.1. The van der Waals surface area contributed by atoms with Gasteiger partial charge in [-0.1, -0.05) is 44.6 Å². The zero-order valence-corrected chi connectivity index (χ0v) is 21.9. The fourth-order valence-electron chi connectivity index (χ4n) is 5.95. The zero-order valence-electron chi connectivity index (χ0n) is 21.1. The molecule has 4 aliphatic rings. The van der Waals surface area contributed by atoms with Crippen LogP contribution in [0.2, 0.25) is 0 Å². The normalized spacial score (nSPS) is 23.1. The summed E-state index contributed by atoms with van der Waals surface area (Å²) in [6.07, 6.45) is 11.0. The van der Waals surface area contributed by atoms with Gasteiger partial charge in [-0.05, 0) is 61.1 Å². The van der Waals surface area contributed by atoms with Gasteiger partial charge in [0.1, 0.15) is 17.3 Å². The van der Waals surface area contributed by atoms with Crippen molar-refractivity contribution in [3.63, 3.8) is 0 Å². The van der Waals surface area contributed by atoms with E-state index in [0.29, 0.717) is 52.0 Å². The van der Waals surface area contributed by atoms with Crippen LogP contribution in [0.25, 0.3) is 16.6 Å². The van der Waals surface area contributed by atoms with E-state index < -0.39 is 11.8 Å². The summed E-state index contributed by atoms with van der Waals surface area (Å²) in [5.74, 6) is -0.406. The summed E-state index contributed by atoms with van der Waals surface area (Å²) in [7, 11) is 0. The van der Waals surface area contributed by atoms with E-state index in [-0.39, 0.29) is 6.79 Å². The van der Waals surface area contributed by atoms with Crippen LogP contribution in [0.4, 0.5) is 0 Å². The fraction of sp³-hybridized carbons (Fsp3) is 0.448. The highest BCUT2D eigenvalue weighted by Gasteiger charge is 2.49. The number of benzene rings is 2. The number of carbonyl (C=O) groups is 2. The summed E-state index contributed by atoms with van der Waals surface area (Å²) < 4.78 is 25.1. The minimum absolute atomic E-state index is 0.134. The van der Waals surface area contributed by atoms with Gasteiger partial charge in [0, 0.05) is 17.1 Å². The summed E-state index contributed by atoms with van der Waals surface area (Å²) in [6.45, 7) is 0.134. The van der Waals surface area contributed by atoms with Crippen molar-refractivity contribution in [2.45, 2.75) is 63.6 Å². The van der Waals surface area contributed by atoms with Crippen molar-refractivity contribution in [2.24, 2.45) is 11.8 Å². The minimum atomic E-state index is -1.84. The number of fused-ring (bicyclic) bond motifs is 2. The summed E-state index contributed by atoms with van der Waals surface area (Å²) in [4.78, 5) is 23.1. The highest BCUT2D eigenvalue weighted by Crippen LogP contribution is 2.49. The molecule has 1 aromatic heterocycles. The van der Waals surface area contributed by atoms with Gasteiger partial charge < -0.3 is 24.1 Å². The number of carbonyl (C=O) groups excluding carboxylic acids is 2. The molecule has 2 fully saturated rings. The Labute approximate surface area is 224 Å². The van der Waals surface area contributed by atoms with Gasteiger partial charge in [-0.3, -0.25) is 0 Å². The van der Waals surface area contributed by atoms with Gasteiger partial charge in [0.25, 0.3) is 5.79 Å². The van der Waals surface area contributed by atoms with Crippen LogP contribution in [0.15, 0.2) is 42.0 Å². The number of cyclic esters (lactones) is 1. The lowest BCUT2D eigenvalue weighted by Crippen LogP contribution is -2.29. The molecule has 1 unspecified atom stereocenters. The van der Waals surface area contributed by atoms with Crippen molar-refractivity contribution in [3.05, 3.63) is 53.1 Å². The minimum Gasteiger partial charge on any atom is -0.454 e. The van der Waals surface area contributed by atoms with Crippen LogP contribution < -0.4 is 9.47 Å². The molecule has 7 rings (SSSR count). The average molecular weight is 535 g/mol. The first-order valence-corrected chi connectivity index (χ1v) is 14.1. The van der Waals surface area contributed by atoms with Crippen molar-refractivity contribution >= 4 is 40.6 Å². The molecular formula is C29H30N2O6S. The highest BCUT2D eigenvalue weighted by atomic mass is 32.1. The largest absolute Gasteiger partial charge is 0.454 e. The molecule has 0 saturated heterocycles. The van der Waals surface area contributed by atoms with Gasteiger partial charge in [-0.25, -0.2) is 4.79 Å². The van der Waals surface area contributed by atoms with Crippen molar-refractivity contribution < 1.29 is 28.9 Å². The van der Waals surface area contributed by atoms with Gasteiger partial charge in [0.2, 0.25) is 6.79 Å². The van der Waals surface area contributed by atoms with Crippen LogP contribution >= 0.6 is 11.7 Å². The molecule has 8 nitrogen and oxygen atoms in total. The third-order valence-corrected chi connectivity index (χ3v) is 8.58. The molecule has 3 heterocycles. The Morgan fingerprint density at radius 1 is 0.947 bits per heavy atom. The van der Waals surface area contributed by atoms with E-state index in [9.17, 15) is 14.7 Å². The molecule has 2 aliphatic heterocycles. The molecule has 2 aromatic carbocycles. The number of hydrogen-bond donors (Lipinski definition) is 1. The standard InChI is InChI=1S/C23H20N2O5S.C6H10O/c26-22-21(14-5-7-17-18(10-14)25-31-24-17)16(9-13-3-1-2-4-13)23(27,30-22)15-6-8-19-20(11-15)29-12-28-19;7-5-6-3-1-2-4-6/h5-8,10-11,13,27H,1-4,9,12H2;5-6H,1-4H2. The lowest BCUT2D eigenvalue weighted by Gasteiger charge is -2.27. The topological polar surface area (TPSA) is 108 Å². The van der Waals surface area contributed by atoms with Crippen LogP contribution in [0.1, 0.15) is 68.9 Å². The number of aliphatic hydroxyl groups is 1. The summed E-state index contributed by atoms with van der Waals surface area (Å²) in [5, 5.41) is 11.8. The Kier molecular flexibility index (Phi) is 6.88. The highest BCUT2D eigenvalue weighted by molar-refractivity contribution is 7.00. The molecule has 0 spiro atoms. The van der Waals surface area contributed by atoms with Crippen molar-refractivity contribution in [1.29, 1.82) is 0 Å². The summed E-state index contributed by atoms with van der Waals surface area (Å²) in [5.41, 5.74) is 3.68. The number of aromatic nitrogens is 2. The second-order valence-corrected chi connectivity index (χ2v) is 11.0. The lowest BCUT2D eigenvalue weighted by molar-refractivity contribution is -0.185. The molecule has 1 N–H and O–H groups in total. The summed E-state index contributed by atoms with van der Waals surface area (Å²) >= 11 is 1.13. The van der Waals surface area contributed by atoms with E-state index in [1.54, 1.807) is 18.2 Å². The van der Waals surface area contributed by atoms with Crippen LogP contribution in [-0.2, 0) is 20.1 Å². The second kappa shape index (κ2) is 10.5. The molecule has 2 saturated carbocycles. The van der Waals surface area contributed by atoms with E-state index in [4.69, 9.17) is 14.2 Å². The fourth-order valence-corrected chi connectivity index (χ4v) is 6.46. The average Bonchev–Trinajstić information content (AvgIpc) is 3.76. The van der Waals surface area contributed by atoms with Crippen molar-refractivity contribution in [3.8, 4) is 11.5 Å². The first kappa shape index (κ1) is 25.0. The number of hydrogen-bond acceptors (Lipinski definition) is 9. The molecule has 2 aliphatic carbocycles. The second-order valence-electron chi connectivity index (χ2n) is 10.5. The Morgan fingerprint density at radius 3 is 2.45 bits per heavy atom. The first-order valence-electron chi connectivity index (χ1n) is 13.3. The molecule has 0 amide bonds. The van der Waals surface area contributed by atoms with Crippen molar-refractivity contribution in [1.82, 2.24) is 8.75 Å². The molecule has 9 heteroatoms. The van der Waals surface area contributed by atoms with Gasteiger partial charge >= 0.3 is 5.97 Å². The van der Waals surface area contributed by atoms with E-state index in [1.165, 1.54) is 25.7 Å². The van der Waals surface area contributed by atoms with E-state index in [1.807, 2.05) is 18.2 Å². The smallest absolute Gasteiger partial charge is 0.341 e. The van der Waals surface area contributed by atoms with Gasteiger partial charge in [0.05, 0.1) is 17.3 Å². The van der Waals surface area contributed by atoms with Gasteiger partial charge in [-0.2, -0.15) is 8.75 Å². The lowest BCUT2D eigenvalue weighted by atomic mass is 9.85. The molecule has 1 atom stereocenters. The third-order valence-electron chi connectivity index (χ3n) is 8.02. The van der Waals surface area contributed by atoms with Gasteiger partial charge in [-0.15, -0.1) is 0 Å². The van der Waals surface area contributed by atoms with Crippen LogP contribution in [0.3, 0.4) is 0 Å². The van der Waals surface area contributed by atoms with E-state index in [0.717, 1.165) is 54.7 Å². The first-order chi connectivity index (χ1) is 18.5. The number of nitrogens with zero attached hydrogens (tertiary/aromatic N) is 2. The molecule has 0 bridgehead atoms. The Bertz CT molecular complexity index is 1390. The van der Waals surface area contributed by atoms with E-state index in [2.05, 4.69) is 8.75 Å². The molecular weight excluding hydrogens is 504 g/mol. The van der Waals surface area contributed by atoms with Crippen LogP contribution in [-0.4, -0.2) is 32.9 Å². The molecule has 198 valence electrons. The predicted molar refractivity (Wildman–Crippen MR) is 141 cm³/mol. The number of esters is 1. The third kappa shape index (κ3) is 4.69. The van der Waals surface area contributed by atoms with Crippen LogP contribution in [0.5, 0.6) is 11.5 Å². The number of rotatable bonds is 5. The maximum absolute atomic E-state index is 13.1. The Balaban J connectivity index is 0.000000330. The van der Waals surface area contributed by atoms with Crippen molar-refractivity contribution in [2.75, 3.05) is 6.79 Å². The van der Waals surface area contributed by atoms with Gasteiger partial charge in [0.15, 0.2) is 11.5 Å². The predicted octanol–water partition coefficient (Wildman–Crippen LogP) is 5.53. The number of ether oxygens (including phenoxy) is 3. The SMILES string of the molecule is O=C1OC(O)(c2ccc3c(c2)OCO3)C(CC2CCCC2)=C1c1ccc2nsnc2c1.O=CC1CCCC1. The quantitative estimate of drug-likeness (QED) is 0.336. The molecule has 38 heavy (non-hydrogen) atoms. The number of aldehydes is 1. The molecule has 3 aromatic rings. The monoisotopic (exact) mass is 534 g/mol. The summed E-state index contributed by atoms with van der Waals surface area (Å²) in [6, 6.07) is 10.7. The Morgan fingerprint density at radius 2 is 1.68 bits per heavy atom. The molecule has 0 radical (unpaired) electrons. The zero-order chi connectivity index (χ0) is 26.1.